The van der Waals surface area contributed by atoms with Crippen molar-refractivity contribution in [1.29, 1.82) is 0 Å². The van der Waals surface area contributed by atoms with Crippen LogP contribution in [0.5, 0.6) is 11.5 Å². The fraction of sp³-hybridized carbons (Fsp3) is 0.500. The number of fused-ring (bicyclic) bond motifs is 1. The van der Waals surface area contributed by atoms with E-state index < -0.39 is 0 Å². The number of esters is 1. The first-order chi connectivity index (χ1) is 9.28. The molecule has 0 bridgehead atoms. The summed E-state index contributed by atoms with van der Waals surface area (Å²) in [5, 5.41) is 0. The average Bonchev–Trinajstić information content (AvgIpc) is 3.07. The van der Waals surface area contributed by atoms with Gasteiger partial charge in [-0.25, -0.2) is 0 Å². The molecule has 102 valence electrons. The Morgan fingerprint density at radius 3 is 3.11 bits per heavy atom. The monoisotopic (exact) mass is 263 g/mol. The van der Waals surface area contributed by atoms with Crippen molar-refractivity contribution in [2.75, 3.05) is 31.4 Å². The first-order valence-corrected chi connectivity index (χ1v) is 6.59. The third kappa shape index (κ3) is 2.32. The molecule has 1 aromatic carbocycles. The van der Waals surface area contributed by atoms with Crippen LogP contribution in [0.25, 0.3) is 0 Å². The van der Waals surface area contributed by atoms with E-state index in [0.29, 0.717) is 13.2 Å². The van der Waals surface area contributed by atoms with Gasteiger partial charge in [0.25, 0.3) is 0 Å². The maximum absolute atomic E-state index is 11.7. The number of hydrogen-bond donors (Lipinski definition) is 0. The minimum Gasteiger partial charge on any atom is -0.466 e. The molecule has 2 aliphatic rings. The van der Waals surface area contributed by atoms with E-state index in [1.807, 2.05) is 25.1 Å². The van der Waals surface area contributed by atoms with E-state index in [1.165, 1.54) is 0 Å². The van der Waals surface area contributed by atoms with Crippen molar-refractivity contribution in [3.8, 4) is 11.5 Å². The van der Waals surface area contributed by atoms with Crippen molar-refractivity contribution < 1.29 is 19.0 Å². The first-order valence-electron chi connectivity index (χ1n) is 6.59. The lowest BCUT2D eigenvalue weighted by Gasteiger charge is -2.18. The SMILES string of the molecule is CCOC(=O)C1CCN(c2ccc3c(c2)OCO3)C1. The minimum absolute atomic E-state index is 0.0228. The number of ether oxygens (including phenoxy) is 3. The maximum Gasteiger partial charge on any atom is 0.310 e. The van der Waals surface area contributed by atoms with Crippen molar-refractivity contribution in [3.05, 3.63) is 18.2 Å². The molecule has 0 aliphatic carbocycles. The molecule has 0 N–H and O–H groups in total. The lowest BCUT2D eigenvalue weighted by Crippen LogP contribution is -2.24. The first kappa shape index (κ1) is 12.1. The highest BCUT2D eigenvalue weighted by Crippen LogP contribution is 2.36. The molecule has 1 unspecified atom stereocenters. The standard InChI is InChI=1S/C14H17NO4/c1-2-17-14(16)10-5-6-15(8-10)11-3-4-12-13(7-11)19-9-18-12/h3-4,7,10H,2,5-6,8-9H2,1H3. The molecule has 5 nitrogen and oxygen atoms in total. The molecule has 19 heavy (non-hydrogen) atoms. The number of rotatable bonds is 3. The van der Waals surface area contributed by atoms with E-state index in [1.54, 1.807) is 0 Å². The van der Waals surface area contributed by atoms with Gasteiger partial charge in [0.15, 0.2) is 11.5 Å². The zero-order valence-corrected chi connectivity index (χ0v) is 10.9. The molecule has 1 atom stereocenters. The Bertz CT molecular complexity index is 488. The van der Waals surface area contributed by atoms with Gasteiger partial charge in [0.05, 0.1) is 12.5 Å². The molecule has 1 saturated heterocycles. The van der Waals surface area contributed by atoms with Gasteiger partial charge in [0.1, 0.15) is 0 Å². The fourth-order valence-corrected chi connectivity index (χ4v) is 2.53. The van der Waals surface area contributed by atoms with Gasteiger partial charge in [-0.3, -0.25) is 4.79 Å². The Hall–Kier alpha value is -1.91. The highest BCUT2D eigenvalue weighted by Gasteiger charge is 2.30. The zero-order chi connectivity index (χ0) is 13.2. The van der Waals surface area contributed by atoms with Gasteiger partial charge in [0, 0.05) is 24.8 Å². The van der Waals surface area contributed by atoms with Crippen molar-refractivity contribution in [2.45, 2.75) is 13.3 Å². The summed E-state index contributed by atoms with van der Waals surface area (Å²) in [5.41, 5.74) is 1.07. The third-order valence-corrected chi connectivity index (χ3v) is 3.53. The summed E-state index contributed by atoms with van der Waals surface area (Å²) in [4.78, 5) is 13.9. The van der Waals surface area contributed by atoms with E-state index in [4.69, 9.17) is 14.2 Å². The largest absolute Gasteiger partial charge is 0.466 e. The normalized spacial score (nSPS) is 20.7. The van der Waals surface area contributed by atoms with Gasteiger partial charge in [-0.1, -0.05) is 0 Å². The van der Waals surface area contributed by atoms with Crippen molar-refractivity contribution in [3.63, 3.8) is 0 Å². The van der Waals surface area contributed by atoms with E-state index >= 15 is 0 Å². The van der Waals surface area contributed by atoms with Gasteiger partial charge in [-0.2, -0.15) is 0 Å². The number of hydrogen-bond acceptors (Lipinski definition) is 5. The van der Waals surface area contributed by atoms with Crippen LogP contribution in [0.3, 0.4) is 0 Å². The highest BCUT2D eigenvalue weighted by atomic mass is 16.7. The van der Waals surface area contributed by atoms with E-state index in [9.17, 15) is 4.79 Å². The molecule has 1 fully saturated rings. The lowest BCUT2D eigenvalue weighted by atomic mass is 10.1. The molecular formula is C14H17NO4. The van der Waals surface area contributed by atoms with Crippen LogP contribution in [0.4, 0.5) is 5.69 Å². The molecule has 2 heterocycles. The Morgan fingerprint density at radius 2 is 2.26 bits per heavy atom. The molecule has 0 amide bonds. The second-order valence-corrected chi connectivity index (χ2v) is 4.72. The summed E-state index contributed by atoms with van der Waals surface area (Å²) in [6.07, 6.45) is 0.841. The Kier molecular flexibility index (Phi) is 3.19. The number of carbonyl (C=O) groups excluding carboxylic acids is 1. The molecule has 0 aromatic heterocycles. The van der Waals surface area contributed by atoms with Crippen LogP contribution < -0.4 is 14.4 Å². The Labute approximate surface area is 112 Å². The molecule has 5 heteroatoms. The van der Waals surface area contributed by atoms with Crippen molar-refractivity contribution in [2.24, 2.45) is 5.92 Å². The molecule has 3 rings (SSSR count). The number of benzene rings is 1. The van der Waals surface area contributed by atoms with Gasteiger partial charge in [0.2, 0.25) is 6.79 Å². The number of carbonyl (C=O) groups is 1. The van der Waals surface area contributed by atoms with Gasteiger partial charge >= 0.3 is 5.97 Å². The summed E-state index contributed by atoms with van der Waals surface area (Å²) in [6, 6.07) is 5.88. The summed E-state index contributed by atoms with van der Waals surface area (Å²) in [6.45, 7) is 4.13. The predicted molar refractivity (Wildman–Crippen MR) is 69.5 cm³/mol. The smallest absolute Gasteiger partial charge is 0.310 e. The fourth-order valence-electron chi connectivity index (χ4n) is 2.53. The molecule has 1 aromatic rings. The minimum atomic E-state index is -0.0919. The molecule has 0 saturated carbocycles. The topological polar surface area (TPSA) is 48.0 Å². The number of nitrogens with zero attached hydrogens (tertiary/aromatic N) is 1. The Balaban J connectivity index is 1.69. The van der Waals surface area contributed by atoms with Crippen LogP contribution in [0.1, 0.15) is 13.3 Å². The summed E-state index contributed by atoms with van der Waals surface area (Å²) in [7, 11) is 0. The van der Waals surface area contributed by atoms with Gasteiger partial charge < -0.3 is 19.1 Å². The van der Waals surface area contributed by atoms with E-state index in [0.717, 1.165) is 30.2 Å². The van der Waals surface area contributed by atoms with Crippen LogP contribution in [0, 0.1) is 5.92 Å². The van der Waals surface area contributed by atoms with Crippen LogP contribution in [0.15, 0.2) is 18.2 Å². The molecule has 2 aliphatic heterocycles. The second kappa shape index (κ2) is 4.99. The zero-order valence-electron chi connectivity index (χ0n) is 10.9. The van der Waals surface area contributed by atoms with Crippen molar-refractivity contribution >= 4 is 11.7 Å². The molecular weight excluding hydrogens is 246 g/mol. The van der Waals surface area contributed by atoms with Crippen LogP contribution >= 0.6 is 0 Å². The van der Waals surface area contributed by atoms with E-state index in [2.05, 4.69) is 4.90 Å². The van der Waals surface area contributed by atoms with Crippen LogP contribution in [-0.2, 0) is 9.53 Å². The van der Waals surface area contributed by atoms with Crippen LogP contribution in [-0.4, -0.2) is 32.5 Å². The molecule has 0 spiro atoms. The lowest BCUT2D eigenvalue weighted by molar-refractivity contribution is -0.147. The second-order valence-electron chi connectivity index (χ2n) is 4.72. The average molecular weight is 263 g/mol. The highest BCUT2D eigenvalue weighted by molar-refractivity contribution is 5.74. The Morgan fingerprint density at radius 1 is 1.42 bits per heavy atom. The quantitative estimate of drug-likeness (QED) is 0.778. The van der Waals surface area contributed by atoms with E-state index in [-0.39, 0.29) is 18.7 Å². The van der Waals surface area contributed by atoms with Gasteiger partial charge in [-0.05, 0) is 25.5 Å². The predicted octanol–water partition coefficient (Wildman–Crippen LogP) is 1.80. The van der Waals surface area contributed by atoms with Gasteiger partial charge in [-0.15, -0.1) is 0 Å². The maximum atomic E-state index is 11.7. The van der Waals surface area contributed by atoms with Crippen LogP contribution in [0.2, 0.25) is 0 Å². The number of anilines is 1. The summed E-state index contributed by atoms with van der Waals surface area (Å²) < 4.78 is 15.7. The summed E-state index contributed by atoms with van der Waals surface area (Å²) in [5.74, 6) is 1.44. The third-order valence-electron chi connectivity index (χ3n) is 3.53. The summed E-state index contributed by atoms with van der Waals surface area (Å²) >= 11 is 0. The molecule has 0 radical (unpaired) electrons. The van der Waals surface area contributed by atoms with Crippen molar-refractivity contribution in [1.82, 2.24) is 0 Å².